The number of hydrogen-bond donors (Lipinski definition) is 1. The second kappa shape index (κ2) is 54.0. The fourth-order valence-corrected chi connectivity index (χ4v) is 9.61. The molecule has 9 nitrogen and oxygen atoms in total. The number of phosphoric acid groups is 1. The van der Waals surface area contributed by atoms with Crippen LogP contribution in [0.5, 0.6) is 0 Å². The first kappa shape index (κ1) is 70.2. The van der Waals surface area contributed by atoms with Gasteiger partial charge in [0, 0.05) is 12.8 Å². The molecule has 2 atom stereocenters. The van der Waals surface area contributed by atoms with Crippen LogP contribution in [-0.4, -0.2) is 74.9 Å². The summed E-state index contributed by atoms with van der Waals surface area (Å²) in [6, 6.07) is 0. The van der Waals surface area contributed by atoms with Crippen molar-refractivity contribution in [3.8, 4) is 0 Å². The molecule has 0 saturated carbocycles. The van der Waals surface area contributed by atoms with Gasteiger partial charge in [-0.3, -0.25) is 18.6 Å². The van der Waals surface area contributed by atoms with E-state index in [-0.39, 0.29) is 25.6 Å². The van der Waals surface area contributed by atoms with Crippen LogP contribution in [0.2, 0.25) is 0 Å². The number of carbonyl (C=O) groups excluding carboxylic acids is 2. The number of phosphoric ester groups is 1. The SMILES string of the molecule is CCCCCCC/C=C\C/C=C\CCCCCCCCCCCCCC(=O)OC(COC(=O)CCCCCCCCCCCCCCC/C=C\CCCCCCCCCC)COP(=O)(O)OCC[N+](C)(C)C. The van der Waals surface area contributed by atoms with Crippen molar-refractivity contribution in [2.45, 2.75) is 302 Å². The third kappa shape index (κ3) is 57.5. The van der Waals surface area contributed by atoms with Gasteiger partial charge >= 0.3 is 19.8 Å². The Morgan fingerprint density at radius 3 is 1.11 bits per heavy atom. The van der Waals surface area contributed by atoms with Crippen LogP contribution in [-0.2, 0) is 32.7 Å². The molecular formula is C62H119NO8P+. The van der Waals surface area contributed by atoms with Gasteiger partial charge in [-0.25, -0.2) is 4.57 Å². The Bertz CT molecular complexity index is 1310. The number of ether oxygens (including phenoxy) is 2. The molecule has 0 aliphatic heterocycles. The number of hydrogen-bond acceptors (Lipinski definition) is 7. The molecule has 0 aliphatic rings. The highest BCUT2D eigenvalue weighted by atomic mass is 31.2. The summed E-state index contributed by atoms with van der Waals surface area (Å²) in [4.78, 5) is 35.7. The Morgan fingerprint density at radius 2 is 0.750 bits per heavy atom. The average molecular weight is 1040 g/mol. The summed E-state index contributed by atoms with van der Waals surface area (Å²) in [6.07, 6.45) is 66.4. The van der Waals surface area contributed by atoms with Crippen LogP contribution < -0.4 is 0 Å². The number of rotatable bonds is 57. The summed E-state index contributed by atoms with van der Waals surface area (Å²) in [6.45, 7) is 4.47. The number of allylic oxidation sites excluding steroid dienone is 6. The van der Waals surface area contributed by atoms with Crippen molar-refractivity contribution in [2.24, 2.45) is 0 Å². The molecule has 0 amide bonds. The average Bonchev–Trinajstić information content (AvgIpc) is 3.34. The van der Waals surface area contributed by atoms with Crippen LogP contribution in [0.15, 0.2) is 36.5 Å². The molecule has 72 heavy (non-hydrogen) atoms. The van der Waals surface area contributed by atoms with Gasteiger partial charge in [0.15, 0.2) is 6.10 Å². The minimum Gasteiger partial charge on any atom is -0.462 e. The van der Waals surface area contributed by atoms with Gasteiger partial charge < -0.3 is 18.9 Å². The van der Waals surface area contributed by atoms with Gasteiger partial charge in [-0.1, -0.05) is 249 Å². The molecule has 0 aromatic rings. The fraction of sp³-hybridized carbons (Fsp3) is 0.871. The number of nitrogens with zero attached hydrogens (tertiary/aromatic N) is 1. The highest BCUT2D eigenvalue weighted by Crippen LogP contribution is 2.43. The molecular weight excluding hydrogens is 918 g/mol. The summed E-state index contributed by atoms with van der Waals surface area (Å²) >= 11 is 0. The van der Waals surface area contributed by atoms with E-state index in [1.165, 1.54) is 218 Å². The van der Waals surface area contributed by atoms with Crippen LogP contribution in [0, 0.1) is 0 Å². The molecule has 0 bridgehead atoms. The Morgan fingerprint density at radius 1 is 0.431 bits per heavy atom. The second-order valence-corrected chi connectivity index (χ2v) is 23.5. The smallest absolute Gasteiger partial charge is 0.462 e. The quantitative estimate of drug-likeness (QED) is 0.0211. The van der Waals surface area contributed by atoms with Gasteiger partial charge in [0.05, 0.1) is 27.7 Å². The number of likely N-dealkylation sites (N-methyl/N-ethyl adjacent to an activating group) is 1. The van der Waals surface area contributed by atoms with Gasteiger partial charge in [-0.05, 0) is 70.6 Å². The molecule has 0 radical (unpaired) electrons. The molecule has 0 rings (SSSR count). The predicted octanol–water partition coefficient (Wildman–Crippen LogP) is 19.2. The van der Waals surface area contributed by atoms with E-state index in [1.54, 1.807) is 0 Å². The number of quaternary nitrogens is 1. The molecule has 1 N–H and O–H groups in total. The van der Waals surface area contributed by atoms with E-state index in [0.29, 0.717) is 23.9 Å². The standard InChI is InChI=1S/C62H118NO8P/c1-6-8-10-12-14-16-18-20-22-24-26-28-30-31-33-34-36-38-40-42-44-46-48-50-52-54-61(64)68-58-60(59-70-72(66,67)69-57-56-63(3,4)5)71-62(65)55-53-51-49-47-45-43-41-39-37-35-32-29-27-25-23-21-19-17-15-13-11-9-7-2/h19,21,24-27,60H,6-18,20,22-23,28-59H2,1-5H3/p+1/b21-19-,26-24-,27-25-. The van der Waals surface area contributed by atoms with Crippen molar-refractivity contribution in [2.75, 3.05) is 47.5 Å². The van der Waals surface area contributed by atoms with Crippen molar-refractivity contribution < 1.29 is 42.1 Å². The molecule has 10 heteroatoms. The summed E-state index contributed by atoms with van der Waals surface area (Å²) in [5, 5.41) is 0. The molecule has 0 fully saturated rings. The summed E-state index contributed by atoms with van der Waals surface area (Å²) in [5.41, 5.74) is 0. The Kier molecular flexibility index (Phi) is 52.7. The highest BCUT2D eigenvalue weighted by molar-refractivity contribution is 7.47. The van der Waals surface area contributed by atoms with E-state index < -0.39 is 26.5 Å². The lowest BCUT2D eigenvalue weighted by atomic mass is 10.0. The summed E-state index contributed by atoms with van der Waals surface area (Å²) < 4.78 is 34.6. The minimum absolute atomic E-state index is 0.0325. The van der Waals surface area contributed by atoms with Crippen molar-refractivity contribution >= 4 is 19.8 Å². The summed E-state index contributed by atoms with van der Waals surface area (Å²) in [5.74, 6) is -0.787. The lowest BCUT2D eigenvalue weighted by Gasteiger charge is -2.24. The Hall–Kier alpha value is -1.77. The zero-order chi connectivity index (χ0) is 52.7. The van der Waals surface area contributed by atoms with Gasteiger partial charge in [0.25, 0.3) is 0 Å². The molecule has 424 valence electrons. The number of esters is 2. The van der Waals surface area contributed by atoms with Crippen LogP contribution in [0.1, 0.15) is 296 Å². The molecule has 0 aromatic carbocycles. The normalized spacial score (nSPS) is 13.5. The second-order valence-electron chi connectivity index (χ2n) is 22.1. The Balaban J connectivity index is 4.11. The van der Waals surface area contributed by atoms with Gasteiger partial charge in [-0.15, -0.1) is 0 Å². The highest BCUT2D eigenvalue weighted by Gasteiger charge is 2.27. The van der Waals surface area contributed by atoms with E-state index in [9.17, 15) is 19.0 Å². The monoisotopic (exact) mass is 1040 g/mol. The van der Waals surface area contributed by atoms with E-state index in [2.05, 4.69) is 50.3 Å². The van der Waals surface area contributed by atoms with Crippen LogP contribution in [0.3, 0.4) is 0 Å². The fourth-order valence-electron chi connectivity index (χ4n) is 8.87. The largest absolute Gasteiger partial charge is 0.472 e. The molecule has 0 spiro atoms. The molecule has 2 unspecified atom stereocenters. The van der Waals surface area contributed by atoms with Crippen molar-refractivity contribution in [1.82, 2.24) is 0 Å². The predicted molar refractivity (Wildman–Crippen MR) is 307 cm³/mol. The van der Waals surface area contributed by atoms with E-state index in [1.807, 2.05) is 21.1 Å². The number of unbranched alkanes of at least 4 members (excludes halogenated alkanes) is 37. The molecule has 0 saturated heterocycles. The number of carbonyl (C=O) groups is 2. The third-order valence-corrected chi connectivity index (χ3v) is 14.6. The van der Waals surface area contributed by atoms with Crippen LogP contribution >= 0.6 is 7.82 Å². The maximum absolute atomic E-state index is 12.8. The maximum Gasteiger partial charge on any atom is 0.472 e. The zero-order valence-electron chi connectivity index (χ0n) is 48.2. The lowest BCUT2D eigenvalue weighted by Crippen LogP contribution is -2.37. The Labute approximate surface area is 446 Å². The van der Waals surface area contributed by atoms with Gasteiger partial charge in [0.2, 0.25) is 0 Å². The molecule has 0 aliphatic carbocycles. The lowest BCUT2D eigenvalue weighted by molar-refractivity contribution is -0.870. The zero-order valence-corrected chi connectivity index (χ0v) is 49.1. The summed E-state index contributed by atoms with van der Waals surface area (Å²) in [7, 11) is 1.49. The van der Waals surface area contributed by atoms with Crippen molar-refractivity contribution in [1.29, 1.82) is 0 Å². The topological polar surface area (TPSA) is 108 Å². The van der Waals surface area contributed by atoms with Gasteiger partial charge in [-0.2, -0.15) is 0 Å². The first-order valence-corrected chi connectivity index (χ1v) is 32.2. The van der Waals surface area contributed by atoms with E-state index in [0.717, 1.165) is 44.9 Å². The van der Waals surface area contributed by atoms with Crippen molar-refractivity contribution in [3.05, 3.63) is 36.5 Å². The first-order valence-electron chi connectivity index (χ1n) is 30.7. The van der Waals surface area contributed by atoms with E-state index >= 15 is 0 Å². The van der Waals surface area contributed by atoms with Crippen LogP contribution in [0.25, 0.3) is 0 Å². The van der Waals surface area contributed by atoms with E-state index in [4.69, 9.17) is 18.5 Å². The molecule has 0 aromatic heterocycles. The van der Waals surface area contributed by atoms with Gasteiger partial charge in [0.1, 0.15) is 19.8 Å². The third-order valence-electron chi connectivity index (χ3n) is 13.6. The maximum atomic E-state index is 12.8. The first-order chi connectivity index (χ1) is 35.0. The van der Waals surface area contributed by atoms with Crippen molar-refractivity contribution in [3.63, 3.8) is 0 Å². The van der Waals surface area contributed by atoms with Crippen LogP contribution in [0.4, 0.5) is 0 Å². The molecule has 0 heterocycles. The minimum atomic E-state index is -4.39.